The maximum absolute atomic E-state index is 12.5. The van der Waals surface area contributed by atoms with Crippen LogP contribution >= 0.6 is 0 Å². The molecule has 0 saturated heterocycles. The summed E-state index contributed by atoms with van der Waals surface area (Å²) in [5.41, 5.74) is 0. The molecule has 7 nitrogen and oxygen atoms in total. The lowest BCUT2D eigenvalue weighted by Crippen LogP contribution is -2.42. The third-order valence-corrected chi connectivity index (χ3v) is 4.62. The van der Waals surface area contributed by atoms with Crippen LogP contribution < -0.4 is 14.2 Å². The fourth-order valence-corrected chi connectivity index (χ4v) is 3.26. The van der Waals surface area contributed by atoms with Gasteiger partial charge in [-0.3, -0.25) is 4.79 Å². The van der Waals surface area contributed by atoms with Crippen molar-refractivity contribution >= 4 is 16.0 Å². The first-order valence-electron chi connectivity index (χ1n) is 7.07. The van der Waals surface area contributed by atoms with Crippen LogP contribution in [0.2, 0.25) is 0 Å². The molecular weight excluding hydrogens is 322 g/mol. The van der Waals surface area contributed by atoms with E-state index >= 15 is 0 Å². The fourth-order valence-electron chi connectivity index (χ4n) is 2.05. The first-order valence-corrected chi connectivity index (χ1v) is 8.55. The van der Waals surface area contributed by atoms with Crippen LogP contribution in [-0.4, -0.2) is 41.8 Å². The highest BCUT2D eigenvalue weighted by atomic mass is 32.2. The number of nitrogens with one attached hydrogen (secondary N) is 1. The summed E-state index contributed by atoms with van der Waals surface area (Å²) in [6.45, 7) is 3.78. The second-order valence-electron chi connectivity index (χ2n) is 5.34. The van der Waals surface area contributed by atoms with Gasteiger partial charge >= 0.3 is 5.97 Å². The Kier molecular flexibility index (Phi) is 6.83. The standard InChI is InChI=1S/C15H23NO6S/c1-10(2)8-12(15(17)22-5)16-23(18,19)11-6-7-13(20-3)14(9-11)21-4/h6-7,9-10,12,16H,8H2,1-5H3/t12-/m1/s1. The summed E-state index contributed by atoms with van der Waals surface area (Å²) in [6, 6.07) is 3.26. The van der Waals surface area contributed by atoms with Gasteiger partial charge in [0.25, 0.3) is 0 Å². The largest absolute Gasteiger partial charge is 0.493 e. The second kappa shape index (κ2) is 8.16. The van der Waals surface area contributed by atoms with Crippen molar-refractivity contribution in [3.63, 3.8) is 0 Å². The van der Waals surface area contributed by atoms with Crippen LogP contribution in [0.25, 0.3) is 0 Å². The number of carbonyl (C=O) groups is 1. The summed E-state index contributed by atoms with van der Waals surface area (Å²) in [5.74, 6) is 0.196. The van der Waals surface area contributed by atoms with Gasteiger partial charge in [0.15, 0.2) is 11.5 Å². The van der Waals surface area contributed by atoms with Gasteiger partial charge in [0.2, 0.25) is 10.0 Å². The molecule has 1 N–H and O–H groups in total. The van der Waals surface area contributed by atoms with E-state index in [0.717, 1.165) is 0 Å². The summed E-state index contributed by atoms with van der Waals surface area (Å²) in [4.78, 5) is 11.8. The van der Waals surface area contributed by atoms with Crippen molar-refractivity contribution in [2.24, 2.45) is 5.92 Å². The molecule has 0 amide bonds. The van der Waals surface area contributed by atoms with E-state index in [4.69, 9.17) is 9.47 Å². The quantitative estimate of drug-likeness (QED) is 0.719. The van der Waals surface area contributed by atoms with Gasteiger partial charge < -0.3 is 14.2 Å². The van der Waals surface area contributed by atoms with Crippen molar-refractivity contribution in [1.29, 1.82) is 0 Å². The van der Waals surface area contributed by atoms with Crippen LogP contribution in [-0.2, 0) is 19.6 Å². The van der Waals surface area contributed by atoms with E-state index in [2.05, 4.69) is 9.46 Å². The van der Waals surface area contributed by atoms with E-state index in [1.54, 1.807) is 0 Å². The van der Waals surface area contributed by atoms with Crippen molar-refractivity contribution in [3.05, 3.63) is 18.2 Å². The van der Waals surface area contributed by atoms with Crippen molar-refractivity contribution < 1.29 is 27.4 Å². The Hall–Kier alpha value is -1.80. The van der Waals surface area contributed by atoms with E-state index < -0.39 is 22.0 Å². The first-order chi connectivity index (χ1) is 10.7. The zero-order chi connectivity index (χ0) is 17.6. The zero-order valence-corrected chi connectivity index (χ0v) is 14.8. The lowest BCUT2D eigenvalue weighted by atomic mass is 10.1. The maximum Gasteiger partial charge on any atom is 0.323 e. The highest BCUT2D eigenvalue weighted by molar-refractivity contribution is 7.89. The molecule has 0 aliphatic carbocycles. The predicted molar refractivity (Wildman–Crippen MR) is 85.1 cm³/mol. The molecule has 1 aromatic carbocycles. The van der Waals surface area contributed by atoms with E-state index in [1.165, 1.54) is 39.5 Å². The summed E-state index contributed by atoms with van der Waals surface area (Å²) >= 11 is 0. The van der Waals surface area contributed by atoms with Crippen molar-refractivity contribution in [2.45, 2.75) is 31.2 Å². The van der Waals surface area contributed by atoms with E-state index in [0.29, 0.717) is 12.2 Å². The molecule has 0 heterocycles. The lowest BCUT2D eigenvalue weighted by molar-refractivity contribution is -0.143. The van der Waals surface area contributed by atoms with Gasteiger partial charge in [0.1, 0.15) is 6.04 Å². The van der Waals surface area contributed by atoms with Gasteiger partial charge in [-0.2, -0.15) is 4.72 Å². The van der Waals surface area contributed by atoms with E-state index in [-0.39, 0.29) is 16.6 Å². The van der Waals surface area contributed by atoms with Gasteiger partial charge in [-0.15, -0.1) is 0 Å². The van der Waals surface area contributed by atoms with Gasteiger partial charge in [0.05, 0.1) is 26.2 Å². The summed E-state index contributed by atoms with van der Waals surface area (Å²) in [7, 11) is 0.191. The molecule has 0 aliphatic heterocycles. The number of hydrogen-bond acceptors (Lipinski definition) is 6. The number of ether oxygens (including phenoxy) is 3. The summed E-state index contributed by atoms with van der Waals surface area (Å²) < 4.78 is 42.2. The first kappa shape index (κ1) is 19.2. The summed E-state index contributed by atoms with van der Waals surface area (Å²) in [6.07, 6.45) is 0.333. The number of esters is 1. The number of hydrogen-bond donors (Lipinski definition) is 1. The molecule has 1 aromatic rings. The zero-order valence-electron chi connectivity index (χ0n) is 14.0. The Balaban J connectivity index is 3.11. The van der Waals surface area contributed by atoms with Crippen LogP contribution in [0, 0.1) is 5.92 Å². The molecule has 0 bridgehead atoms. The molecule has 0 fully saturated rings. The van der Waals surface area contributed by atoms with Crippen LogP contribution in [0.5, 0.6) is 11.5 Å². The molecule has 1 rings (SSSR count). The Labute approximate surface area is 137 Å². The average molecular weight is 345 g/mol. The van der Waals surface area contributed by atoms with Crippen molar-refractivity contribution in [2.75, 3.05) is 21.3 Å². The lowest BCUT2D eigenvalue weighted by Gasteiger charge is -2.18. The van der Waals surface area contributed by atoms with Gasteiger partial charge in [0, 0.05) is 6.07 Å². The topological polar surface area (TPSA) is 90.9 Å². The molecule has 0 unspecified atom stereocenters. The van der Waals surface area contributed by atoms with Gasteiger partial charge in [-0.05, 0) is 24.5 Å². The molecule has 23 heavy (non-hydrogen) atoms. The van der Waals surface area contributed by atoms with Crippen LogP contribution in [0.4, 0.5) is 0 Å². The maximum atomic E-state index is 12.5. The fraction of sp³-hybridized carbons (Fsp3) is 0.533. The Bertz CT molecular complexity index is 641. The molecule has 1 atom stereocenters. The predicted octanol–water partition coefficient (Wildman–Crippen LogP) is 1.57. The number of benzene rings is 1. The minimum atomic E-state index is -3.90. The normalized spacial score (nSPS) is 12.8. The molecule has 0 aromatic heterocycles. The highest BCUT2D eigenvalue weighted by Gasteiger charge is 2.27. The molecule has 130 valence electrons. The molecular formula is C15H23NO6S. The minimum absolute atomic E-state index is 0.0205. The Morgan fingerprint density at radius 2 is 1.74 bits per heavy atom. The molecule has 8 heteroatoms. The second-order valence-corrected chi connectivity index (χ2v) is 7.06. The minimum Gasteiger partial charge on any atom is -0.493 e. The number of rotatable bonds is 8. The number of methoxy groups -OCH3 is 3. The SMILES string of the molecule is COC(=O)[C@@H](CC(C)C)NS(=O)(=O)c1ccc(OC)c(OC)c1. The average Bonchev–Trinajstić information content (AvgIpc) is 2.51. The number of carbonyl (C=O) groups excluding carboxylic acids is 1. The third kappa shape index (κ3) is 5.11. The van der Waals surface area contributed by atoms with E-state index in [1.807, 2.05) is 13.8 Å². The van der Waals surface area contributed by atoms with Crippen LogP contribution in [0.1, 0.15) is 20.3 Å². The monoisotopic (exact) mass is 345 g/mol. The van der Waals surface area contributed by atoms with E-state index in [9.17, 15) is 13.2 Å². The van der Waals surface area contributed by atoms with Crippen LogP contribution in [0.15, 0.2) is 23.1 Å². The van der Waals surface area contributed by atoms with Crippen molar-refractivity contribution in [1.82, 2.24) is 4.72 Å². The van der Waals surface area contributed by atoms with Gasteiger partial charge in [-0.25, -0.2) is 8.42 Å². The highest BCUT2D eigenvalue weighted by Crippen LogP contribution is 2.29. The molecule has 0 radical (unpaired) electrons. The van der Waals surface area contributed by atoms with Crippen molar-refractivity contribution in [3.8, 4) is 11.5 Å². The Morgan fingerprint density at radius 3 is 2.22 bits per heavy atom. The molecule has 0 spiro atoms. The Morgan fingerprint density at radius 1 is 1.13 bits per heavy atom. The molecule has 0 saturated carbocycles. The number of sulfonamides is 1. The molecule has 0 aliphatic rings. The third-order valence-electron chi connectivity index (χ3n) is 3.16. The van der Waals surface area contributed by atoms with Crippen LogP contribution in [0.3, 0.4) is 0 Å². The summed E-state index contributed by atoms with van der Waals surface area (Å²) in [5, 5.41) is 0. The smallest absolute Gasteiger partial charge is 0.323 e. The van der Waals surface area contributed by atoms with Gasteiger partial charge in [-0.1, -0.05) is 13.8 Å².